The highest BCUT2D eigenvalue weighted by atomic mass is 16.4. The highest BCUT2D eigenvalue weighted by molar-refractivity contribution is 5.85. The Balaban J connectivity index is 1.67. The van der Waals surface area contributed by atoms with Crippen molar-refractivity contribution in [3.63, 3.8) is 0 Å². The van der Waals surface area contributed by atoms with Crippen LogP contribution >= 0.6 is 0 Å². The number of carbonyl (C=O) groups excluding carboxylic acids is 2. The number of hydrogen-bond donors (Lipinski definition) is 4. The number of carbonyl (C=O) groups is 3. The highest BCUT2D eigenvalue weighted by Gasteiger charge is 2.74. The number of aliphatic hydroxyl groups is 3. The fourth-order valence-corrected chi connectivity index (χ4v) is 10.2. The van der Waals surface area contributed by atoms with E-state index in [0.717, 1.165) is 6.42 Å². The molecule has 0 saturated heterocycles. The number of Topliss-reactive ketones (excluding diaryl/α,β-unsaturated/α-hetero) is 2. The summed E-state index contributed by atoms with van der Waals surface area (Å²) in [6.07, 6.45) is 0.859. The molecule has 210 valence electrons. The minimum atomic E-state index is -0.989. The molecule has 0 heterocycles. The van der Waals surface area contributed by atoms with Crippen molar-refractivity contribution in [2.24, 2.45) is 57.2 Å². The number of aliphatic carboxylic acids is 1. The largest absolute Gasteiger partial charge is 0.481 e. The molecule has 0 spiro atoms. The number of aliphatic hydroxyl groups excluding tert-OH is 3. The van der Waals surface area contributed by atoms with E-state index in [4.69, 9.17) is 0 Å². The zero-order valence-corrected chi connectivity index (χ0v) is 23.7. The van der Waals surface area contributed by atoms with Crippen molar-refractivity contribution < 1.29 is 34.8 Å². The molecule has 4 saturated carbocycles. The van der Waals surface area contributed by atoms with Crippen LogP contribution in [0.3, 0.4) is 0 Å². The molecule has 4 aliphatic carbocycles. The summed E-state index contributed by atoms with van der Waals surface area (Å²) in [6.45, 7) is 13.9. The van der Waals surface area contributed by atoms with E-state index < -0.39 is 46.4 Å². The molecule has 4 rings (SSSR count). The molecule has 37 heavy (non-hydrogen) atoms. The molecule has 7 nitrogen and oxygen atoms in total. The monoisotopic (exact) mass is 520 g/mol. The fraction of sp³-hybridized carbons (Fsp3) is 0.900. The summed E-state index contributed by atoms with van der Waals surface area (Å²) in [4.78, 5) is 38.1. The Bertz CT molecular complexity index is 960. The van der Waals surface area contributed by atoms with Crippen LogP contribution in [0.1, 0.15) is 93.4 Å². The zero-order chi connectivity index (χ0) is 27.9. The molecular formula is C30H48O7. The van der Waals surface area contributed by atoms with Gasteiger partial charge < -0.3 is 20.4 Å². The van der Waals surface area contributed by atoms with E-state index in [-0.39, 0.29) is 59.4 Å². The fourth-order valence-electron chi connectivity index (χ4n) is 10.2. The van der Waals surface area contributed by atoms with Crippen LogP contribution in [0.5, 0.6) is 0 Å². The van der Waals surface area contributed by atoms with Gasteiger partial charge in [0.1, 0.15) is 11.6 Å². The number of hydrogen-bond acceptors (Lipinski definition) is 6. The van der Waals surface area contributed by atoms with Gasteiger partial charge in [0, 0.05) is 36.5 Å². The first-order valence-electron chi connectivity index (χ1n) is 14.2. The third-order valence-electron chi connectivity index (χ3n) is 12.5. The van der Waals surface area contributed by atoms with E-state index in [1.165, 1.54) is 6.92 Å². The van der Waals surface area contributed by atoms with Gasteiger partial charge in [0.2, 0.25) is 0 Å². The Morgan fingerprint density at radius 3 is 2.19 bits per heavy atom. The van der Waals surface area contributed by atoms with Crippen LogP contribution in [0.2, 0.25) is 0 Å². The summed E-state index contributed by atoms with van der Waals surface area (Å²) in [6, 6.07) is 0. The average Bonchev–Trinajstić information content (AvgIpc) is 2.99. The topological polar surface area (TPSA) is 132 Å². The van der Waals surface area contributed by atoms with Crippen molar-refractivity contribution in [3.8, 4) is 0 Å². The molecule has 0 bridgehead atoms. The molecule has 4 N–H and O–H groups in total. The van der Waals surface area contributed by atoms with Crippen molar-refractivity contribution in [2.75, 3.05) is 0 Å². The molecule has 0 amide bonds. The molecule has 0 aromatic heterocycles. The summed E-state index contributed by atoms with van der Waals surface area (Å²) < 4.78 is 0. The summed E-state index contributed by atoms with van der Waals surface area (Å²) in [5.41, 5.74) is -2.06. The molecule has 0 aromatic rings. The summed E-state index contributed by atoms with van der Waals surface area (Å²) >= 11 is 0. The molecule has 0 aliphatic heterocycles. The lowest BCUT2D eigenvalue weighted by Gasteiger charge is -2.67. The first-order valence-corrected chi connectivity index (χ1v) is 14.2. The first kappa shape index (κ1) is 28.7. The second-order valence-electron chi connectivity index (χ2n) is 14.6. The molecular weight excluding hydrogens is 472 g/mol. The van der Waals surface area contributed by atoms with Gasteiger partial charge in [0.25, 0.3) is 0 Å². The first-order chi connectivity index (χ1) is 16.9. The van der Waals surface area contributed by atoms with Crippen LogP contribution in [0, 0.1) is 57.2 Å². The third-order valence-corrected chi connectivity index (χ3v) is 12.5. The van der Waals surface area contributed by atoms with Gasteiger partial charge in [-0.15, -0.1) is 0 Å². The van der Waals surface area contributed by atoms with Crippen LogP contribution < -0.4 is 0 Å². The second kappa shape index (κ2) is 9.12. The lowest BCUT2D eigenvalue weighted by molar-refractivity contribution is -0.237. The maximum absolute atomic E-state index is 14.1. The number of carboxylic acids is 1. The minimum absolute atomic E-state index is 0.000908. The normalized spacial score (nSPS) is 48.4. The van der Waals surface area contributed by atoms with E-state index in [1.807, 2.05) is 6.92 Å². The summed E-state index contributed by atoms with van der Waals surface area (Å²) in [5, 5.41) is 43.4. The predicted octanol–water partition coefficient (Wildman–Crippen LogP) is 3.86. The zero-order valence-electron chi connectivity index (χ0n) is 23.7. The van der Waals surface area contributed by atoms with E-state index in [9.17, 15) is 34.8 Å². The average molecular weight is 521 g/mol. The summed E-state index contributed by atoms with van der Waals surface area (Å²) in [5.74, 6) is -2.68. The SMILES string of the molecule is C[C@H](CC(=O)C[C@H](C)C(=O)O)[C@H]1C[C@H](O)[C@@]2(C)[C@@H]3[C@H](O)C[C@@H]4C(C)(C)[C@H](O)CC[C@@]4(C)[C@H]3C(=O)C[C@]12C. The van der Waals surface area contributed by atoms with E-state index in [2.05, 4.69) is 34.6 Å². The van der Waals surface area contributed by atoms with Gasteiger partial charge in [-0.1, -0.05) is 48.5 Å². The molecule has 12 atom stereocenters. The van der Waals surface area contributed by atoms with Crippen molar-refractivity contribution in [1.82, 2.24) is 0 Å². The summed E-state index contributed by atoms with van der Waals surface area (Å²) in [7, 11) is 0. The predicted molar refractivity (Wildman–Crippen MR) is 138 cm³/mol. The Morgan fingerprint density at radius 1 is 0.973 bits per heavy atom. The minimum Gasteiger partial charge on any atom is -0.481 e. The van der Waals surface area contributed by atoms with Crippen molar-refractivity contribution in [2.45, 2.75) is 112 Å². The number of ketones is 2. The van der Waals surface area contributed by atoms with Crippen LogP contribution in [0.25, 0.3) is 0 Å². The van der Waals surface area contributed by atoms with Crippen LogP contribution in [-0.4, -0.2) is 56.3 Å². The van der Waals surface area contributed by atoms with Gasteiger partial charge in [0.05, 0.1) is 24.2 Å². The second-order valence-corrected chi connectivity index (χ2v) is 14.6. The van der Waals surface area contributed by atoms with Crippen LogP contribution in [-0.2, 0) is 14.4 Å². The quantitative estimate of drug-likeness (QED) is 0.418. The van der Waals surface area contributed by atoms with E-state index >= 15 is 0 Å². The van der Waals surface area contributed by atoms with Gasteiger partial charge in [-0.25, -0.2) is 0 Å². The third kappa shape index (κ3) is 3.97. The Hall–Kier alpha value is -1.31. The molecule has 7 heteroatoms. The molecule has 0 radical (unpaired) electrons. The van der Waals surface area contributed by atoms with Crippen molar-refractivity contribution in [3.05, 3.63) is 0 Å². The number of fused-ring (bicyclic) bond motifs is 5. The molecule has 4 fully saturated rings. The standard InChI is InChI=1S/C30H48O7/c1-15(10-17(31)11-16(2)26(36)37)18-12-23(35)30(7)25-19(32)13-21-27(3,4)22(34)8-9-28(21,5)24(25)20(33)14-29(18,30)6/h15-16,18-19,21-25,32,34-35H,8-14H2,1-7H3,(H,36,37)/t15-,16+,18-,19-,21-,22-,23+,24+,25-,28-,29-,30+/m1/s1. The number of carboxylic acid groups (broad SMARTS) is 1. The Kier molecular flexibility index (Phi) is 7.08. The molecule has 0 aromatic carbocycles. The Morgan fingerprint density at radius 2 is 1.59 bits per heavy atom. The maximum Gasteiger partial charge on any atom is 0.306 e. The smallest absolute Gasteiger partial charge is 0.306 e. The van der Waals surface area contributed by atoms with Crippen molar-refractivity contribution >= 4 is 17.5 Å². The number of rotatable bonds is 6. The molecule has 4 aliphatic rings. The Labute approximate surface area is 221 Å². The van der Waals surface area contributed by atoms with Gasteiger partial charge in [0.15, 0.2) is 0 Å². The van der Waals surface area contributed by atoms with Gasteiger partial charge >= 0.3 is 5.97 Å². The lowest BCUT2D eigenvalue weighted by Crippen LogP contribution is -2.69. The maximum atomic E-state index is 14.1. The van der Waals surface area contributed by atoms with Crippen molar-refractivity contribution in [1.29, 1.82) is 0 Å². The van der Waals surface area contributed by atoms with Gasteiger partial charge in [-0.05, 0) is 59.7 Å². The van der Waals surface area contributed by atoms with Gasteiger partial charge in [-0.3, -0.25) is 14.4 Å². The highest BCUT2D eigenvalue weighted by Crippen LogP contribution is 2.73. The molecule has 0 unspecified atom stereocenters. The van der Waals surface area contributed by atoms with Crippen LogP contribution in [0.4, 0.5) is 0 Å². The lowest BCUT2D eigenvalue weighted by atomic mass is 9.37. The van der Waals surface area contributed by atoms with Gasteiger partial charge in [-0.2, -0.15) is 0 Å². The van der Waals surface area contributed by atoms with Crippen LogP contribution in [0.15, 0.2) is 0 Å². The van der Waals surface area contributed by atoms with E-state index in [1.54, 1.807) is 0 Å². The van der Waals surface area contributed by atoms with E-state index in [0.29, 0.717) is 25.7 Å².